The fourth-order valence-electron chi connectivity index (χ4n) is 2.63. The molecule has 0 aliphatic carbocycles. The Morgan fingerprint density at radius 2 is 1.88 bits per heavy atom. The van der Waals surface area contributed by atoms with E-state index in [0.29, 0.717) is 23.8 Å². The van der Waals surface area contributed by atoms with Crippen molar-refractivity contribution in [2.75, 3.05) is 28.4 Å². The summed E-state index contributed by atoms with van der Waals surface area (Å²) in [6, 6.07) is 3.12. The van der Waals surface area contributed by atoms with Crippen molar-refractivity contribution in [3.05, 3.63) is 35.7 Å². The molecule has 0 radical (unpaired) electrons. The number of carbonyl (C=O) groups excluding carboxylic acids is 1. The maximum absolute atomic E-state index is 12.5. The number of benzene rings is 1. The van der Waals surface area contributed by atoms with E-state index < -0.39 is 6.04 Å². The van der Waals surface area contributed by atoms with Crippen LogP contribution in [0.15, 0.2) is 24.5 Å². The average Bonchev–Trinajstić information content (AvgIpc) is 3.05. The fraction of sp³-hybridized carbons (Fsp3) is 0.412. The molecule has 2 rings (SSSR count). The van der Waals surface area contributed by atoms with Gasteiger partial charge in [-0.2, -0.15) is 5.10 Å². The lowest BCUT2D eigenvalue weighted by molar-refractivity contribution is -0.123. The predicted molar refractivity (Wildman–Crippen MR) is 100 cm³/mol. The van der Waals surface area contributed by atoms with E-state index in [1.54, 1.807) is 51.5 Å². The molecule has 1 unspecified atom stereocenters. The largest absolute Gasteiger partial charge is 0.493 e. The van der Waals surface area contributed by atoms with Gasteiger partial charge in [-0.25, -0.2) is 0 Å². The number of amides is 1. The third kappa shape index (κ3) is 4.59. The molecule has 144 valence electrons. The Bertz CT molecular complexity index is 736. The smallest absolute Gasteiger partial charge is 0.242 e. The standard InChI is InChI=1S/C17H24N4O4.ClH/c1-18-14(12-9-20-21(2)10-12)17(22)19-8-11-6-7-13(23-3)16(25-5)15(11)24-4;/h6-7,9-10,14,18H,8H2,1-5H3,(H,19,22);1H. The lowest BCUT2D eigenvalue weighted by atomic mass is 10.1. The van der Waals surface area contributed by atoms with Crippen LogP contribution in [0.2, 0.25) is 0 Å². The minimum atomic E-state index is -0.486. The topological polar surface area (TPSA) is 86.6 Å². The number of likely N-dealkylation sites (N-methyl/N-ethyl adjacent to an activating group) is 1. The van der Waals surface area contributed by atoms with Crippen LogP contribution in [0.1, 0.15) is 17.2 Å². The van der Waals surface area contributed by atoms with Crippen molar-refractivity contribution in [3.8, 4) is 17.2 Å². The Morgan fingerprint density at radius 1 is 1.19 bits per heavy atom. The van der Waals surface area contributed by atoms with Gasteiger partial charge in [0.05, 0.1) is 27.5 Å². The zero-order valence-corrected chi connectivity index (χ0v) is 16.3. The SMILES string of the molecule is CNC(C(=O)NCc1ccc(OC)c(OC)c1OC)c1cnn(C)c1.Cl. The summed E-state index contributed by atoms with van der Waals surface area (Å²) in [4.78, 5) is 12.5. The van der Waals surface area contributed by atoms with Crippen LogP contribution in [-0.2, 0) is 18.4 Å². The van der Waals surface area contributed by atoms with Gasteiger partial charge in [-0.3, -0.25) is 9.48 Å². The Labute approximate surface area is 159 Å². The summed E-state index contributed by atoms with van der Waals surface area (Å²) in [7, 11) is 8.19. The minimum Gasteiger partial charge on any atom is -0.493 e. The zero-order chi connectivity index (χ0) is 18.4. The molecule has 2 aromatic rings. The Morgan fingerprint density at radius 3 is 2.38 bits per heavy atom. The molecule has 0 fully saturated rings. The molecular weight excluding hydrogens is 360 g/mol. The van der Waals surface area contributed by atoms with Crippen molar-refractivity contribution < 1.29 is 19.0 Å². The highest BCUT2D eigenvalue weighted by Crippen LogP contribution is 2.39. The van der Waals surface area contributed by atoms with Gasteiger partial charge in [-0.1, -0.05) is 0 Å². The average molecular weight is 385 g/mol. The number of carbonyl (C=O) groups is 1. The second-order valence-electron chi connectivity index (χ2n) is 5.38. The van der Waals surface area contributed by atoms with Crippen LogP contribution in [0, 0.1) is 0 Å². The fourth-order valence-corrected chi connectivity index (χ4v) is 2.63. The van der Waals surface area contributed by atoms with Crippen molar-refractivity contribution in [1.82, 2.24) is 20.4 Å². The maximum atomic E-state index is 12.5. The summed E-state index contributed by atoms with van der Waals surface area (Å²) in [5.41, 5.74) is 1.58. The number of aromatic nitrogens is 2. The molecule has 0 saturated heterocycles. The Hall–Kier alpha value is -2.45. The summed E-state index contributed by atoms with van der Waals surface area (Å²) < 4.78 is 17.7. The van der Waals surface area contributed by atoms with Gasteiger partial charge in [-0.15, -0.1) is 12.4 Å². The molecule has 0 aliphatic rings. The lowest BCUT2D eigenvalue weighted by Gasteiger charge is -2.18. The highest BCUT2D eigenvalue weighted by molar-refractivity contribution is 5.85. The Balaban J connectivity index is 0.00000338. The number of halogens is 1. The second kappa shape index (κ2) is 9.88. The van der Waals surface area contributed by atoms with E-state index in [2.05, 4.69) is 15.7 Å². The number of hydrogen-bond donors (Lipinski definition) is 2. The number of nitrogens with zero attached hydrogens (tertiary/aromatic N) is 2. The molecule has 0 bridgehead atoms. The first-order chi connectivity index (χ1) is 12.0. The van der Waals surface area contributed by atoms with Crippen LogP contribution in [-0.4, -0.2) is 44.1 Å². The van der Waals surface area contributed by atoms with Gasteiger partial charge in [0, 0.05) is 30.9 Å². The molecule has 2 N–H and O–H groups in total. The van der Waals surface area contributed by atoms with Crippen LogP contribution in [0.5, 0.6) is 17.2 Å². The molecule has 1 aromatic heterocycles. The van der Waals surface area contributed by atoms with Crippen molar-refractivity contribution in [1.29, 1.82) is 0 Å². The molecule has 0 spiro atoms. The number of aryl methyl sites for hydroxylation is 1. The summed E-state index contributed by atoms with van der Waals surface area (Å²) in [5, 5.41) is 10.0. The van der Waals surface area contributed by atoms with E-state index in [1.807, 2.05) is 13.1 Å². The van der Waals surface area contributed by atoms with Gasteiger partial charge < -0.3 is 24.8 Å². The number of hydrogen-bond acceptors (Lipinski definition) is 6. The van der Waals surface area contributed by atoms with Crippen LogP contribution in [0.4, 0.5) is 0 Å². The van der Waals surface area contributed by atoms with Crippen molar-refractivity contribution in [3.63, 3.8) is 0 Å². The first kappa shape index (κ1) is 21.6. The first-order valence-electron chi connectivity index (χ1n) is 7.77. The number of methoxy groups -OCH3 is 3. The van der Waals surface area contributed by atoms with Gasteiger partial charge in [0.15, 0.2) is 11.5 Å². The number of ether oxygens (including phenoxy) is 3. The van der Waals surface area contributed by atoms with E-state index in [4.69, 9.17) is 14.2 Å². The monoisotopic (exact) mass is 384 g/mol. The second-order valence-corrected chi connectivity index (χ2v) is 5.38. The van der Waals surface area contributed by atoms with Gasteiger partial charge in [0.1, 0.15) is 6.04 Å². The van der Waals surface area contributed by atoms with Gasteiger partial charge in [-0.05, 0) is 19.2 Å². The van der Waals surface area contributed by atoms with Gasteiger partial charge >= 0.3 is 0 Å². The molecule has 1 atom stereocenters. The van der Waals surface area contributed by atoms with E-state index in [1.165, 1.54) is 0 Å². The quantitative estimate of drug-likeness (QED) is 0.716. The van der Waals surface area contributed by atoms with Crippen LogP contribution < -0.4 is 24.8 Å². The number of rotatable bonds is 8. The molecular formula is C17H25ClN4O4. The molecule has 9 heteroatoms. The highest BCUT2D eigenvalue weighted by atomic mass is 35.5. The maximum Gasteiger partial charge on any atom is 0.242 e. The van der Waals surface area contributed by atoms with E-state index >= 15 is 0 Å². The van der Waals surface area contributed by atoms with Gasteiger partial charge in [0.25, 0.3) is 0 Å². The van der Waals surface area contributed by atoms with E-state index in [-0.39, 0.29) is 18.3 Å². The van der Waals surface area contributed by atoms with Crippen LogP contribution >= 0.6 is 12.4 Å². The summed E-state index contributed by atoms with van der Waals surface area (Å²) in [6.45, 7) is 0.292. The third-order valence-corrected chi connectivity index (χ3v) is 3.85. The minimum absolute atomic E-state index is 0. The summed E-state index contributed by atoms with van der Waals surface area (Å²) in [6.07, 6.45) is 3.47. The number of nitrogens with one attached hydrogen (secondary N) is 2. The van der Waals surface area contributed by atoms with Crippen molar-refractivity contribution in [2.24, 2.45) is 7.05 Å². The third-order valence-electron chi connectivity index (χ3n) is 3.85. The normalized spacial score (nSPS) is 11.3. The molecule has 1 amide bonds. The van der Waals surface area contributed by atoms with Crippen molar-refractivity contribution in [2.45, 2.75) is 12.6 Å². The van der Waals surface area contributed by atoms with Gasteiger partial charge in [0.2, 0.25) is 11.7 Å². The zero-order valence-electron chi connectivity index (χ0n) is 15.5. The molecule has 0 saturated carbocycles. The lowest BCUT2D eigenvalue weighted by Crippen LogP contribution is -2.35. The molecule has 26 heavy (non-hydrogen) atoms. The van der Waals surface area contributed by atoms with E-state index in [0.717, 1.165) is 11.1 Å². The molecule has 0 aliphatic heterocycles. The first-order valence-corrected chi connectivity index (χ1v) is 7.77. The van der Waals surface area contributed by atoms with Crippen LogP contribution in [0.3, 0.4) is 0 Å². The summed E-state index contributed by atoms with van der Waals surface area (Å²) in [5.74, 6) is 1.43. The molecule has 8 nitrogen and oxygen atoms in total. The molecule has 1 heterocycles. The Kier molecular flexibility index (Phi) is 8.21. The van der Waals surface area contributed by atoms with E-state index in [9.17, 15) is 4.79 Å². The summed E-state index contributed by atoms with van der Waals surface area (Å²) >= 11 is 0. The van der Waals surface area contributed by atoms with Crippen molar-refractivity contribution >= 4 is 18.3 Å². The highest BCUT2D eigenvalue weighted by Gasteiger charge is 2.21. The predicted octanol–water partition coefficient (Wildman–Crippen LogP) is 1.44. The van der Waals surface area contributed by atoms with Crippen LogP contribution in [0.25, 0.3) is 0 Å². The molecule has 1 aromatic carbocycles.